The van der Waals surface area contributed by atoms with E-state index >= 15 is 0 Å². The zero-order valence-electron chi connectivity index (χ0n) is 17.3. The molecule has 0 bridgehead atoms. The van der Waals surface area contributed by atoms with E-state index in [4.69, 9.17) is 4.74 Å². The second-order valence-electron chi connectivity index (χ2n) is 9.02. The predicted octanol–water partition coefficient (Wildman–Crippen LogP) is 5.87. The van der Waals surface area contributed by atoms with Crippen LogP contribution in [-0.2, 0) is 11.8 Å². The van der Waals surface area contributed by atoms with Crippen molar-refractivity contribution in [2.24, 2.45) is 0 Å². The van der Waals surface area contributed by atoms with Gasteiger partial charge in [-0.25, -0.2) is 0 Å². The molecule has 1 rings (SSSR count). The minimum atomic E-state index is 0.188. The lowest BCUT2D eigenvalue weighted by molar-refractivity contribution is 0.321. The third kappa shape index (κ3) is 7.25. The Balaban J connectivity index is 2.52. The van der Waals surface area contributed by atoms with E-state index in [0.29, 0.717) is 6.04 Å². The van der Waals surface area contributed by atoms with Gasteiger partial charge in [0.05, 0.1) is 7.11 Å². The minimum absolute atomic E-state index is 0.188. The van der Waals surface area contributed by atoms with Crippen molar-refractivity contribution in [2.45, 2.75) is 97.6 Å². The van der Waals surface area contributed by atoms with Crippen LogP contribution in [0, 0.1) is 0 Å². The molecule has 0 aromatic heterocycles. The number of hydrogen-bond acceptors (Lipinski definition) is 2. The standard InChI is InChI=1S/C22H39NO/c1-17(2)23-22(6,7)15-11-9-10-12-18-16-19(21(3,4)5)13-14-20(18)24-8/h13-14,16-17,23H,9-12,15H2,1-8H3. The molecule has 0 aliphatic heterocycles. The van der Waals surface area contributed by atoms with Gasteiger partial charge in [-0.15, -0.1) is 0 Å². The molecule has 138 valence electrons. The van der Waals surface area contributed by atoms with Crippen LogP contribution in [-0.4, -0.2) is 18.7 Å². The average Bonchev–Trinajstić information content (AvgIpc) is 2.44. The van der Waals surface area contributed by atoms with Crippen LogP contribution in [0.15, 0.2) is 18.2 Å². The van der Waals surface area contributed by atoms with Gasteiger partial charge in [0.25, 0.3) is 0 Å². The number of ether oxygens (including phenoxy) is 1. The lowest BCUT2D eigenvalue weighted by Crippen LogP contribution is -2.43. The second kappa shape index (κ2) is 8.89. The fourth-order valence-corrected chi connectivity index (χ4v) is 3.35. The summed E-state index contributed by atoms with van der Waals surface area (Å²) >= 11 is 0. The van der Waals surface area contributed by atoms with Gasteiger partial charge < -0.3 is 10.1 Å². The quantitative estimate of drug-likeness (QED) is 0.570. The highest BCUT2D eigenvalue weighted by Crippen LogP contribution is 2.29. The molecule has 1 N–H and O–H groups in total. The van der Waals surface area contributed by atoms with Crippen LogP contribution in [0.1, 0.15) is 85.3 Å². The van der Waals surface area contributed by atoms with Crippen molar-refractivity contribution in [3.63, 3.8) is 0 Å². The monoisotopic (exact) mass is 333 g/mol. The van der Waals surface area contributed by atoms with Crippen molar-refractivity contribution in [3.8, 4) is 5.75 Å². The number of aryl methyl sites for hydroxylation is 1. The number of unbranched alkanes of at least 4 members (excludes halogenated alkanes) is 2. The normalized spacial score (nSPS) is 12.7. The van der Waals surface area contributed by atoms with E-state index in [1.54, 1.807) is 7.11 Å². The van der Waals surface area contributed by atoms with Gasteiger partial charge in [0.1, 0.15) is 5.75 Å². The van der Waals surface area contributed by atoms with Gasteiger partial charge in [-0.1, -0.05) is 59.6 Å². The Morgan fingerprint density at radius 1 is 1.00 bits per heavy atom. The molecule has 24 heavy (non-hydrogen) atoms. The number of benzene rings is 1. The molecule has 2 heteroatoms. The van der Waals surface area contributed by atoms with Crippen LogP contribution in [0.2, 0.25) is 0 Å². The summed E-state index contributed by atoms with van der Waals surface area (Å²) < 4.78 is 5.56. The fraction of sp³-hybridized carbons (Fsp3) is 0.727. The molecule has 0 saturated carbocycles. The summed E-state index contributed by atoms with van der Waals surface area (Å²) in [6.07, 6.45) is 6.09. The van der Waals surface area contributed by atoms with Gasteiger partial charge in [-0.2, -0.15) is 0 Å². The Morgan fingerprint density at radius 3 is 2.21 bits per heavy atom. The molecular formula is C22H39NO. The average molecular weight is 334 g/mol. The molecule has 0 spiro atoms. The summed E-state index contributed by atoms with van der Waals surface area (Å²) in [4.78, 5) is 0. The first-order chi connectivity index (χ1) is 11.0. The maximum Gasteiger partial charge on any atom is 0.122 e. The number of methoxy groups -OCH3 is 1. The van der Waals surface area contributed by atoms with E-state index in [0.717, 1.165) is 12.2 Å². The summed E-state index contributed by atoms with van der Waals surface area (Å²) in [5.74, 6) is 1.03. The molecule has 2 nitrogen and oxygen atoms in total. The van der Waals surface area contributed by atoms with E-state index < -0.39 is 0 Å². The SMILES string of the molecule is COc1ccc(C(C)(C)C)cc1CCCCCC(C)(C)NC(C)C. The Hall–Kier alpha value is -1.02. The summed E-state index contributed by atoms with van der Waals surface area (Å²) in [5, 5.41) is 3.65. The first-order valence-corrected chi connectivity index (χ1v) is 9.50. The Labute approximate surface area is 150 Å². The zero-order valence-corrected chi connectivity index (χ0v) is 17.3. The maximum absolute atomic E-state index is 5.56. The molecule has 0 fully saturated rings. The van der Waals surface area contributed by atoms with Crippen molar-refractivity contribution in [2.75, 3.05) is 7.11 Å². The van der Waals surface area contributed by atoms with Gasteiger partial charge >= 0.3 is 0 Å². The molecule has 0 heterocycles. The van der Waals surface area contributed by atoms with Crippen LogP contribution in [0.25, 0.3) is 0 Å². The van der Waals surface area contributed by atoms with Gasteiger partial charge in [0, 0.05) is 11.6 Å². The number of hydrogen-bond donors (Lipinski definition) is 1. The Kier molecular flexibility index (Phi) is 7.79. The Bertz CT molecular complexity index is 497. The lowest BCUT2D eigenvalue weighted by atomic mass is 9.85. The lowest BCUT2D eigenvalue weighted by Gasteiger charge is -2.29. The highest BCUT2D eigenvalue weighted by atomic mass is 16.5. The van der Waals surface area contributed by atoms with Crippen LogP contribution >= 0.6 is 0 Å². The molecule has 0 unspecified atom stereocenters. The molecule has 1 aromatic rings. The maximum atomic E-state index is 5.56. The van der Waals surface area contributed by atoms with Gasteiger partial charge in [0.15, 0.2) is 0 Å². The van der Waals surface area contributed by atoms with E-state index in [-0.39, 0.29) is 11.0 Å². The molecule has 0 atom stereocenters. The smallest absolute Gasteiger partial charge is 0.122 e. The van der Waals surface area contributed by atoms with E-state index in [1.165, 1.54) is 36.8 Å². The van der Waals surface area contributed by atoms with Gasteiger partial charge in [-0.05, 0) is 55.7 Å². The molecule has 0 aliphatic carbocycles. The first-order valence-electron chi connectivity index (χ1n) is 9.50. The highest BCUT2D eigenvalue weighted by molar-refractivity contribution is 5.39. The van der Waals surface area contributed by atoms with Gasteiger partial charge in [-0.3, -0.25) is 0 Å². The van der Waals surface area contributed by atoms with Crippen molar-refractivity contribution < 1.29 is 4.74 Å². The molecule has 0 radical (unpaired) electrons. The molecular weight excluding hydrogens is 294 g/mol. The molecule has 1 aromatic carbocycles. The molecule has 0 saturated heterocycles. The van der Waals surface area contributed by atoms with Crippen LogP contribution in [0.4, 0.5) is 0 Å². The molecule has 0 aliphatic rings. The summed E-state index contributed by atoms with van der Waals surface area (Å²) in [6.45, 7) is 15.9. The predicted molar refractivity (Wildman–Crippen MR) is 106 cm³/mol. The highest BCUT2D eigenvalue weighted by Gasteiger charge is 2.18. The van der Waals surface area contributed by atoms with Crippen molar-refractivity contribution in [1.29, 1.82) is 0 Å². The van der Waals surface area contributed by atoms with Gasteiger partial charge in [0.2, 0.25) is 0 Å². The Morgan fingerprint density at radius 2 is 1.67 bits per heavy atom. The summed E-state index contributed by atoms with van der Waals surface area (Å²) in [6, 6.07) is 7.21. The van der Waals surface area contributed by atoms with Crippen LogP contribution in [0.3, 0.4) is 0 Å². The second-order valence-corrected chi connectivity index (χ2v) is 9.02. The summed E-state index contributed by atoms with van der Waals surface area (Å²) in [7, 11) is 1.77. The minimum Gasteiger partial charge on any atom is -0.496 e. The summed E-state index contributed by atoms with van der Waals surface area (Å²) in [5.41, 5.74) is 3.16. The number of nitrogens with one attached hydrogen (secondary N) is 1. The van der Waals surface area contributed by atoms with Crippen molar-refractivity contribution in [3.05, 3.63) is 29.3 Å². The zero-order chi connectivity index (χ0) is 18.4. The largest absolute Gasteiger partial charge is 0.496 e. The molecule has 0 amide bonds. The third-order valence-electron chi connectivity index (χ3n) is 4.57. The van der Waals surface area contributed by atoms with Crippen molar-refractivity contribution in [1.82, 2.24) is 5.32 Å². The third-order valence-corrected chi connectivity index (χ3v) is 4.57. The fourth-order valence-electron chi connectivity index (χ4n) is 3.35. The topological polar surface area (TPSA) is 21.3 Å². The first kappa shape index (κ1) is 21.0. The van der Waals surface area contributed by atoms with E-state index in [1.807, 2.05) is 0 Å². The number of rotatable bonds is 9. The van der Waals surface area contributed by atoms with Crippen LogP contribution in [0.5, 0.6) is 5.75 Å². The van der Waals surface area contributed by atoms with E-state index in [2.05, 4.69) is 72.0 Å². The van der Waals surface area contributed by atoms with E-state index in [9.17, 15) is 0 Å². The van der Waals surface area contributed by atoms with Crippen molar-refractivity contribution >= 4 is 0 Å². The van der Waals surface area contributed by atoms with Crippen LogP contribution < -0.4 is 10.1 Å².